The number of ether oxygens (including phenoxy) is 2. The highest BCUT2D eigenvalue weighted by molar-refractivity contribution is 6.21. The van der Waals surface area contributed by atoms with Gasteiger partial charge < -0.3 is 9.47 Å². The summed E-state index contributed by atoms with van der Waals surface area (Å²) in [4.78, 5) is 35.1. The maximum atomic E-state index is 11.8. The number of ketones is 2. The molecule has 2 aromatic rings. The molecule has 7 heteroatoms. The van der Waals surface area contributed by atoms with Crippen molar-refractivity contribution in [2.45, 2.75) is 33.2 Å². The summed E-state index contributed by atoms with van der Waals surface area (Å²) < 4.78 is 14.8. The summed E-state index contributed by atoms with van der Waals surface area (Å²) in [6.07, 6.45) is 8.04. The zero-order chi connectivity index (χ0) is 21.2. The first-order valence-electron chi connectivity index (χ1n) is 9.49. The van der Waals surface area contributed by atoms with Gasteiger partial charge in [0, 0.05) is 12.0 Å². The van der Waals surface area contributed by atoms with Gasteiger partial charge in [-0.25, -0.2) is 9.13 Å². The number of hydrogen-bond donors (Lipinski definition) is 0. The molecule has 1 aromatic carbocycles. The molecule has 0 saturated heterocycles. The average molecular weight is 399 g/mol. The van der Waals surface area contributed by atoms with Crippen LogP contribution in [0.25, 0.3) is 6.08 Å². The fourth-order valence-electron chi connectivity index (χ4n) is 2.71. The second-order valence-electron chi connectivity index (χ2n) is 6.70. The molecule has 0 aliphatic heterocycles. The van der Waals surface area contributed by atoms with Gasteiger partial charge in [-0.1, -0.05) is 18.2 Å². The Morgan fingerprint density at radius 3 is 2.48 bits per heavy atom. The highest BCUT2D eigenvalue weighted by atomic mass is 16.5. The van der Waals surface area contributed by atoms with E-state index in [0.29, 0.717) is 37.5 Å². The van der Waals surface area contributed by atoms with Crippen LogP contribution in [-0.2, 0) is 32.7 Å². The molecular weight excluding hydrogens is 372 g/mol. The van der Waals surface area contributed by atoms with Crippen LogP contribution in [0.3, 0.4) is 0 Å². The molecule has 0 unspecified atom stereocenters. The number of aromatic nitrogens is 2. The number of allylic oxidation sites excluding steroid dienone is 1. The Bertz CT molecular complexity index is 882. The van der Waals surface area contributed by atoms with Crippen LogP contribution in [0.2, 0.25) is 0 Å². The fraction of sp³-hybridized carbons (Fsp3) is 0.364. The smallest absolute Gasteiger partial charge is 0.306 e. The summed E-state index contributed by atoms with van der Waals surface area (Å²) in [5.74, 6) is -0.289. The van der Waals surface area contributed by atoms with Gasteiger partial charge in [0.25, 0.3) is 0 Å². The van der Waals surface area contributed by atoms with E-state index >= 15 is 0 Å². The zero-order valence-electron chi connectivity index (χ0n) is 17.1. The summed E-state index contributed by atoms with van der Waals surface area (Å²) in [7, 11) is 1.93. The van der Waals surface area contributed by atoms with E-state index in [9.17, 15) is 14.4 Å². The molecule has 0 radical (unpaired) electrons. The molecule has 0 fully saturated rings. The quantitative estimate of drug-likeness (QED) is 0.145. The Morgan fingerprint density at radius 2 is 1.83 bits per heavy atom. The number of imidazole rings is 1. The number of aryl methyl sites for hydroxylation is 1. The van der Waals surface area contributed by atoms with Crippen LogP contribution in [0.1, 0.15) is 32.3 Å². The Balaban J connectivity index is 1.79. The Kier molecular flexibility index (Phi) is 8.33. The van der Waals surface area contributed by atoms with Crippen LogP contribution < -0.4 is 9.30 Å². The first-order valence-corrected chi connectivity index (χ1v) is 9.49. The number of Topliss-reactive ketones (excluding diaryl/α,β-unsaturated/α-hetero) is 2. The van der Waals surface area contributed by atoms with Gasteiger partial charge in [0.2, 0.25) is 6.33 Å². The fourth-order valence-corrected chi connectivity index (χ4v) is 2.71. The predicted molar refractivity (Wildman–Crippen MR) is 107 cm³/mol. The second kappa shape index (κ2) is 10.9. The van der Waals surface area contributed by atoms with Crippen molar-refractivity contribution in [1.29, 1.82) is 0 Å². The lowest BCUT2D eigenvalue weighted by molar-refractivity contribution is -0.671. The third-order valence-electron chi connectivity index (χ3n) is 4.20. The minimum Gasteiger partial charge on any atom is -0.493 e. The highest BCUT2D eigenvalue weighted by Crippen LogP contribution is 2.22. The van der Waals surface area contributed by atoms with Gasteiger partial charge >= 0.3 is 5.97 Å². The lowest BCUT2D eigenvalue weighted by Crippen LogP contribution is -2.24. The summed E-state index contributed by atoms with van der Waals surface area (Å²) >= 11 is 0. The van der Waals surface area contributed by atoms with E-state index in [0.717, 1.165) is 0 Å². The van der Waals surface area contributed by atoms with Crippen LogP contribution >= 0.6 is 0 Å². The van der Waals surface area contributed by atoms with Crippen molar-refractivity contribution < 1.29 is 28.4 Å². The maximum Gasteiger partial charge on any atom is 0.306 e. The average Bonchev–Trinajstić information content (AvgIpc) is 3.08. The van der Waals surface area contributed by atoms with E-state index in [1.54, 1.807) is 18.2 Å². The Labute approximate surface area is 170 Å². The second-order valence-corrected chi connectivity index (χ2v) is 6.70. The van der Waals surface area contributed by atoms with Gasteiger partial charge in [-0.05, 0) is 32.4 Å². The number of nitrogens with zero attached hydrogens (tertiary/aromatic N) is 2. The van der Waals surface area contributed by atoms with E-state index < -0.39 is 0 Å². The Hall–Kier alpha value is -3.22. The molecule has 154 valence electrons. The van der Waals surface area contributed by atoms with E-state index in [2.05, 4.69) is 0 Å². The molecular formula is C22H27N2O5+. The van der Waals surface area contributed by atoms with E-state index in [4.69, 9.17) is 9.47 Å². The van der Waals surface area contributed by atoms with Crippen molar-refractivity contribution in [3.8, 4) is 5.75 Å². The first-order chi connectivity index (χ1) is 13.9. The zero-order valence-corrected chi connectivity index (χ0v) is 17.1. The third kappa shape index (κ3) is 7.37. The molecule has 0 amide bonds. The number of benzene rings is 1. The van der Waals surface area contributed by atoms with Gasteiger partial charge in [-0.15, -0.1) is 0 Å². The standard InChI is InChI=1S/C22H27N2O5/c1-17(25)20(18(2)26)15-19-7-4-5-8-21(19)28-13-6-9-22(27)29-14-12-24-11-10-23(3)16-24/h4-5,7-8,10-11,15-16H,6,9,12-14H2,1-3H3/q+1. The maximum absolute atomic E-state index is 11.8. The molecule has 0 saturated carbocycles. The van der Waals surface area contributed by atoms with Gasteiger partial charge in [0.05, 0.1) is 19.2 Å². The molecule has 0 aliphatic carbocycles. The molecule has 0 atom stereocenters. The minimum absolute atomic E-state index is 0.126. The lowest BCUT2D eigenvalue weighted by Gasteiger charge is -2.10. The molecule has 29 heavy (non-hydrogen) atoms. The van der Waals surface area contributed by atoms with Crippen LogP contribution in [0.4, 0.5) is 0 Å². The number of rotatable bonds is 11. The molecule has 0 aliphatic rings. The Morgan fingerprint density at radius 1 is 1.10 bits per heavy atom. The number of carbonyl (C=O) groups is 3. The van der Waals surface area contributed by atoms with Crippen LogP contribution in [0.15, 0.2) is 48.6 Å². The largest absolute Gasteiger partial charge is 0.493 e. The number of para-hydroxylation sites is 1. The molecule has 0 spiro atoms. The monoisotopic (exact) mass is 399 g/mol. The van der Waals surface area contributed by atoms with Gasteiger partial charge in [0.1, 0.15) is 31.3 Å². The highest BCUT2D eigenvalue weighted by Gasteiger charge is 2.11. The molecule has 1 heterocycles. The van der Waals surface area contributed by atoms with Crippen molar-refractivity contribution in [3.63, 3.8) is 0 Å². The molecule has 7 nitrogen and oxygen atoms in total. The molecule has 0 bridgehead atoms. The normalized spacial score (nSPS) is 10.3. The number of carbonyl (C=O) groups excluding carboxylic acids is 3. The third-order valence-corrected chi connectivity index (χ3v) is 4.20. The van der Waals surface area contributed by atoms with E-state index in [1.807, 2.05) is 41.0 Å². The topological polar surface area (TPSA) is 78.5 Å². The van der Waals surface area contributed by atoms with E-state index in [-0.39, 0.29) is 29.5 Å². The summed E-state index contributed by atoms with van der Waals surface area (Å²) in [5.41, 5.74) is 0.774. The van der Waals surface area contributed by atoms with Gasteiger partial charge in [-0.2, -0.15) is 0 Å². The first kappa shape index (κ1) is 22.1. The molecule has 1 aromatic heterocycles. The van der Waals surface area contributed by atoms with Crippen LogP contribution in [0.5, 0.6) is 5.75 Å². The molecule has 0 N–H and O–H groups in total. The summed E-state index contributed by atoms with van der Waals surface area (Å²) in [6, 6.07) is 7.15. The van der Waals surface area contributed by atoms with E-state index in [1.165, 1.54) is 19.9 Å². The number of hydrogen-bond acceptors (Lipinski definition) is 5. The lowest BCUT2D eigenvalue weighted by atomic mass is 10.0. The van der Waals surface area contributed by atoms with Crippen molar-refractivity contribution in [3.05, 3.63) is 54.1 Å². The summed E-state index contributed by atoms with van der Waals surface area (Å²) in [6.45, 7) is 3.97. The SMILES string of the molecule is CC(=O)C(=Cc1ccccc1OCCCC(=O)OCCn1cc[n+](C)c1)C(C)=O. The summed E-state index contributed by atoms with van der Waals surface area (Å²) in [5, 5.41) is 0. The molecule has 2 rings (SSSR count). The number of esters is 1. The van der Waals surface area contributed by atoms with Crippen molar-refractivity contribution in [1.82, 2.24) is 4.57 Å². The van der Waals surface area contributed by atoms with Crippen molar-refractivity contribution >= 4 is 23.6 Å². The van der Waals surface area contributed by atoms with Gasteiger partial charge in [-0.3, -0.25) is 14.4 Å². The van der Waals surface area contributed by atoms with Crippen LogP contribution in [0, 0.1) is 0 Å². The minimum atomic E-state index is -0.288. The predicted octanol–water partition coefficient (Wildman–Crippen LogP) is 2.28. The van der Waals surface area contributed by atoms with Gasteiger partial charge in [0.15, 0.2) is 11.6 Å². The van der Waals surface area contributed by atoms with Crippen molar-refractivity contribution in [2.24, 2.45) is 7.05 Å². The van der Waals surface area contributed by atoms with Crippen molar-refractivity contribution in [2.75, 3.05) is 13.2 Å². The van der Waals surface area contributed by atoms with Crippen LogP contribution in [-0.4, -0.2) is 35.3 Å².